The standard InChI is InChI=1S/C14H20F2N2/c1-3-13-9-18(10(2)7-17-13)8-11-6-12(15)4-5-14(11)16/h4-6,10,13,17H,3,7-9H2,1-2H3. The zero-order valence-corrected chi connectivity index (χ0v) is 10.9. The Kier molecular flexibility index (Phi) is 4.30. The molecule has 2 rings (SSSR count). The summed E-state index contributed by atoms with van der Waals surface area (Å²) in [4.78, 5) is 2.21. The zero-order valence-electron chi connectivity index (χ0n) is 10.9. The molecule has 1 saturated heterocycles. The third-order valence-electron chi connectivity index (χ3n) is 3.65. The maximum Gasteiger partial charge on any atom is 0.127 e. The molecule has 18 heavy (non-hydrogen) atoms. The molecule has 0 aromatic heterocycles. The molecule has 100 valence electrons. The summed E-state index contributed by atoms with van der Waals surface area (Å²) < 4.78 is 26.8. The van der Waals surface area contributed by atoms with E-state index in [0.29, 0.717) is 24.2 Å². The van der Waals surface area contributed by atoms with Crippen LogP contribution in [0.25, 0.3) is 0 Å². The number of benzene rings is 1. The van der Waals surface area contributed by atoms with Gasteiger partial charge in [0.25, 0.3) is 0 Å². The zero-order chi connectivity index (χ0) is 13.1. The van der Waals surface area contributed by atoms with Gasteiger partial charge in [-0.05, 0) is 31.5 Å². The van der Waals surface area contributed by atoms with Crippen LogP contribution >= 0.6 is 0 Å². The van der Waals surface area contributed by atoms with Crippen molar-refractivity contribution in [3.05, 3.63) is 35.4 Å². The minimum absolute atomic E-state index is 0.324. The van der Waals surface area contributed by atoms with Gasteiger partial charge in [0.15, 0.2) is 0 Å². The number of nitrogens with one attached hydrogen (secondary N) is 1. The second-order valence-corrected chi connectivity index (χ2v) is 5.03. The Bertz CT molecular complexity index is 409. The van der Waals surface area contributed by atoms with Gasteiger partial charge in [-0.3, -0.25) is 4.90 Å². The molecule has 2 nitrogen and oxygen atoms in total. The molecular weight excluding hydrogens is 234 g/mol. The fraction of sp³-hybridized carbons (Fsp3) is 0.571. The molecule has 1 heterocycles. The van der Waals surface area contributed by atoms with Gasteiger partial charge in [-0.15, -0.1) is 0 Å². The van der Waals surface area contributed by atoms with Crippen LogP contribution in [0.4, 0.5) is 8.78 Å². The minimum atomic E-state index is -0.374. The molecule has 0 radical (unpaired) electrons. The van der Waals surface area contributed by atoms with Gasteiger partial charge < -0.3 is 5.32 Å². The first kappa shape index (κ1) is 13.4. The highest BCUT2D eigenvalue weighted by Crippen LogP contribution is 2.17. The van der Waals surface area contributed by atoms with Gasteiger partial charge in [-0.2, -0.15) is 0 Å². The largest absolute Gasteiger partial charge is 0.311 e. The van der Waals surface area contributed by atoms with Gasteiger partial charge in [0.05, 0.1) is 0 Å². The highest BCUT2D eigenvalue weighted by atomic mass is 19.1. The van der Waals surface area contributed by atoms with Gasteiger partial charge in [-0.1, -0.05) is 6.92 Å². The Hall–Kier alpha value is -1.00. The van der Waals surface area contributed by atoms with E-state index in [1.165, 1.54) is 12.1 Å². The average molecular weight is 254 g/mol. The third kappa shape index (κ3) is 3.06. The number of rotatable bonds is 3. The minimum Gasteiger partial charge on any atom is -0.311 e. The van der Waals surface area contributed by atoms with Crippen LogP contribution in [0.5, 0.6) is 0 Å². The van der Waals surface area contributed by atoms with Crippen LogP contribution in [0.3, 0.4) is 0 Å². The Balaban J connectivity index is 2.09. The molecule has 2 atom stereocenters. The summed E-state index contributed by atoms with van der Waals surface area (Å²) in [5, 5.41) is 3.45. The van der Waals surface area contributed by atoms with Crippen molar-refractivity contribution in [1.29, 1.82) is 0 Å². The highest BCUT2D eigenvalue weighted by Gasteiger charge is 2.24. The Labute approximate surface area is 107 Å². The fourth-order valence-corrected chi connectivity index (χ4v) is 2.37. The summed E-state index contributed by atoms with van der Waals surface area (Å²) in [7, 11) is 0. The maximum absolute atomic E-state index is 13.6. The van der Waals surface area contributed by atoms with E-state index in [4.69, 9.17) is 0 Å². The van der Waals surface area contributed by atoms with E-state index >= 15 is 0 Å². The normalized spacial score (nSPS) is 25.3. The summed E-state index contributed by atoms with van der Waals surface area (Å²) >= 11 is 0. The molecule has 1 N–H and O–H groups in total. The van der Waals surface area contributed by atoms with Crippen molar-refractivity contribution < 1.29 is 8.78 Å². The summed E-state index contributed by atoms with van der Waals surface area (Å²) in [5.41, 5.74) is 0.443. The van der Waals surface area contributed by atoms with Crippen molar-refractivity contribution in [1.82, 2.24) is 10.2 Å². The summed E-state index contributed by atoms with van der Waals surface area (Å²) in [5.74, 6) is -0.698. The van der Waals surface area contributed by atoms with Crippen molar-refractivity contribution >= 4 is 0 Å². The van der Waals surface area contributed by atoms with Gasteiger partial charge in [0.2, 0.25) is 0 Å². The van der Waals surface area contributed by atoms with Gasteiger partial charge in [0.1, 0.15) is 11.6 Å². The van der Waals surface area contributed by atoms with Crippen LogP contribution in [-0.4, -0.2) is 30.1 Å². The molecule has 0 amide bonds. The van der Waals surface area contributed by atoms with Crippen LogP contribution in [0, 0.1) is 11.6 Å². The molecular formula is C14H20F2N2. The lowest BCUT2D eigenvalue weighted by molar-refractivity contribution is 0.130. The molecule has 0 aliphatic carbocycles. The van der Waals surface area contributed by atoms with E-state index in [0.717, 1.165) is 25.6 Å². The van der Waals surface area contributed by atoms with Gasteiger partial charge >= 0.3 is 0 Å². The van der Waals surface area contributed by atoms with Crippen LogP contribution in [-0.2, 0) is 6.54 Å². The van der Waals surface area contributed by atoms with E-state index in [2.05, 4.69) is 24.1 Å². The maximum atomic E-state index is 13.6. The second-order valence-electron chi connectivity index (χ2n) is 5.03. The van der Waals surface area contributed by atoms with E-state index in [1.807, 2.05) is 0 Å². The molecule has 1 fully saturated rings. The lowest BCUT2D eigenvalue weighted by Crippen LogP contribution is -2.54. The lowest BCUT2D eigenvalue weighted by Gasteiger charge is -2.38. The predicted octanol–water partition coefficient (Wildman–Crippen LogP) is 2.54. The predicted molar refractivity (Wildman–Crippen MR) is 68.3 cm³/mol. The van der Waals surface area contributed by atoms with E-state index < -0.39 is 0 Å². The quantitative estimate of drug-likeness (QED) is 0.891. The molecule has 0 spiro atoms. The van der Waals surface area contributed by atoms with E-state index in [9.17, 15) is 8.78 Å². The first-order chi connectivity index (χ1) is 8.60. The average Bonchev–Trinajstić information content (AvgIpc) is 2.36. The van der Waals surface area contributed by atoms with E-state index in [-0.39, 0.29) is 11.6 Å². The Morgan fingerprint density at radius 1 is 1.39 bits per heavy atom. The van der Waals surface area contributed by atoms with Crippen LogP contribution < -0.4 is 5.32 Å². The molecule has 0 saturated carbocycles. The third-order valence-corrected chi connectivity index (χ3v) is 3.65. The smallest absolute Gasteiger partial charge is 0.127 e. The second kappa shape index (κ2) is 5.76. The first-order valence-electron chi connectivity index (χ1n) is 6.51. The van der Waals surface area contributed by atoms with E-state index in [1.54, 1.807) is 0 Å². The molecule has 1 aromatic carbocycles. The number of piperazine rings is 1. The summed E-state index contributed by atoms with van der Waals surface area (Å²) in [6.45, 7) is 6.50. The Morgan fingerprint density at radius 3 is 2.89 bits per heavy atom. The number of hydrogen-bond donors (Lipinski definition) is 1. The summed E-state index contributed by atoms with van der Waals surface area (Å²) in [6.07, 6.45) is 1.05. The van der Waals surface area contributed by atoms with Crippen LogP contribution in [0.15, 0.2) is 18.2 Å². The molecule has 1 aromatic rings. The Morgan fingerprint density at radius 2 is 2.17 bits per heavy atom. The van der Waals surface area contributed by atoms with Gasteiger partial charge in [-0.25, -0.2) is 8.78 Å². The monoisotopic (exact) mass is 254 g/mol. The fourth-order valence-electron chi connectivity index (χ4n) is 2.37. The number of hydrogen-bond acceptors (Lipinski definition) is 2. The number of nitrogens with zero attached hydrogens (tertiary/aromatic N) is 1. The first-order valence-corrected chi connectivity index (χ1v) is 6.51. The van der Waals surface area contributed by atoms with Crippen molar-refractivity contribution in [2.24, 2.45) is 0 Å². The summed E-state index contributed by atoms with van der Waals surface area (Å²) in [6, 6.07) is 4.45. The molecule has 4 heteroatoms. The topological polar surface area (TPSA) is 15.3 Å². The van der Waals surface area contributed by atoms with Gasteiger partial charge in [0, 0.05) is 37.3 Å². The number of halogens is 2. The van der Waals surface area contributed by atoms with Crippen molar-refractivity contribution in [2.45, 2.75) is 38.9 Å². The SMILES string of the molecule is CCC1CN(Cc2cc(F)ccc2F)C(C)CN1. The van der Waals surface area contributed by atoms with Crippen molar-refractivity contribution in [2.75, 3.05) is 13.1 Å². The highest BCUT2D eigenvalue weighted by molar-refractivity contribution is 5.18. The molecule has 0 bridgehead atoms. The lowest BCUT2D eigenvalue weighted by atomic mass is 10.1. The molecule has 1 aliphatic heterocycles. The molecule has 1 aliphatic rings. The van der Waals surface area contributed by atoms with Crippen molar-refractivity contribution in [3.8, 4) is 0 Å². The van der Waals surface area contributed by atoms with Crippen LogP contribution in [0.2, 0.25) is 0 Å². The molecule has 2 unspecified atom stereocenters. The van der Waals surface area contributed by atoms with Crippen LogP contribution in [0.1, 0.15) is 25.8 Å². The van der Waals surface area contributed by atoms with Crippen molar-refractivity contribution in [3.63, 3.8) is 0 Å².